The highest BCUT2D eigenvalue weighted by Crippen LogP contribution is 2.43. The van der Waals surface area contributed by atoms with Gasteiger partial charge in [-0.1, -0.05) is 35.5 Å². The molecular weight excluding hydrogens is 368 g/mol. The molecule has 1 unspecified atom stereocenters. The lowest BCUT2D eigenvalue weighted by atomic mass is 10.1. The fourth-order valence-electron chi connectivity index (χ4n) is 4.42. The molecule has 5 rings (SSSR count). The average molecular weight is 392 g/mol. The molecule has 1 amide bonds. The molecule has 2 N–H and O–H groups in total. The number of hydrogen-bond acceptors (Lipinski definition) is 5. The van der Waals surface area contributed by atoms with Gasteiger partial charge in [0.1, 0.15) is 11.4 Å². The van der Waals surface area contributed by atoms with Gasteiger partial charge in [0.05, 0.1) is 18.3 Å². The molecule has 0 aliphatic heterocycles. The van der Waals surface area contributed by atoms with E-state index in [1.807, 2.05) is 42.7 Å². The first kappa shape index (κ1) is 18.1. The predicted molar refractivity (Wildman–Crippen MR) is 106 cm³/mol. The van der Waals surface area contributed by atoms with Crippen molar-refractivity contribution in [3.05, 3.63) is 55.1 Å². The minimum absolute atomic E-state index is 0.0692. The summed E-state index contributed by atoms with van der Waals surface area (Å²) >= 11 is 0. The fraction of sp³-hybridized carbons (Fsp3) is 0.429. The zero-order valence-electron chi connectivity index (χ0n) is 16.1. The van der Waals surface area contributed by atoms with E-state index in [0.717, 1.165) is 37.2 Å². The summed E-state index contributed by atoms with van der Waals surface area (Å²) in [6.07, 6.45) is 9.47. The molecule has 3 aromatic rings. The number of rotatable bonds is 6. The van der Waals surface area contributed by atoms with E-state index in [0.29, 0.717) is 6.42 Å². The maximum atomic E-state index is 12.9. The largest absolute Gasteiger partial charge is 0.391 e. The Hall–Kier alpha value is -3.00. The molecule has 8 heteroatoms. The van der Waals surface area contributed by atoms with E-state index in [9.17, 15) is 9.90 Å². The van der Waals surface area contributed by atoms with Crippen LogP contribution in [0.3, 0.4) is 0 Å². The normalized spacial score (nSPS) is 25.1. The fourth-order valence-corrected chi connectivity index (χ4v) is 4.42. The smallest absolute Gasteiger partial charge is 0.248 e. The summed E-state index contributed by atoms with van der Waals surface area (Å²) in [6, 6.07) is 9.85. The summed E-state index contributed by atoms with van der Waals surface area (Å²) < 4.78 is 3.77. The molecule has 2 aliphatic rings. The van der Waals surface area contributed by atoms with Gasteiger partial charge in [0.2, 0.25) is 5.91 Å². The van der Waals surface area contributed by atoms with E-state index >= 15 is 0 Å². The van der Waals surface area contributed by atoms with Crippen molar-refractivity contribution in [1.29, 1.82) is 0 Å². The Labute approximate surface area is 168 Å². The molecule has 2 fully saturated rings. The Balaban J connectivity index is 1.24. The first-order valence-electron chi connectivity index (χ1n) is 10.1. The van der Waals surface area contributed by atoms with Crippen LogP contribution in [0.5, 0.6) is 0 Å². The number of benzene rings is 1. The molecular formula is C21H24N6O2. The summed E-state index contributed by atoms with van der Waals surface area (Å²) in [6.45, 7) is 0.766. The molecule has 0 saturated heterocycles. The van der Waals surface area contributed by atoms with E-state index in [1.165, 1.54) is 0 Å². The summed E-state index contributed by atoms with van der Waals surface area (Å²) in [7, 11) is 0. The quantitative estimate of drug-likeness (QED) is 0.664. The summed E-state index contributed by atoms with van der Waals surface area (Å²) in [4.78, 5) is 17.4. The number of aromatic nitrogens is 5. The van der Waals surface area contributed by atoms with E-state index in [1.54, 1.807) is 17.1 Å². The van der Waals surface area contributed by atoms with Crippen molar-refractivity contribution in [2.45, 2.75) is 49.9 Å². The summed E-state index contributed by atoms with van der Waals surface area (Å²) in [5, 5.41) is 21.5. The molecule has 0 bridgehead atoms. The van der Waals surface area contributed by atoms with Crippen LogP contribution in [0.25, 0.3) is 11.4 Å². The highest BCUT2D eigenvalue weighted by molar-refractivity contribution is 5.87. The molecule has 2 heterocycles. The van der Waals surface area contributed by atoms with Crippen LogP contribution in [0.15, 0.2) is 55.1 Å². The van der Waals surface area contributed by atoms with Crippen LogP contribution in [0.2, 0.25) is 0 Å². The average Bonchev–Trinajstić information content (AvgIpc) is 3.08. The molecule has 0 radical (unpaired) electrons. The molecule has 2 saturated carbocycles. The highest BCUT2D eigenvalue weighted by atomic mass is 16.3. The summed E-state index contributed by atoms with van der Waals surface area (Å²) in [5.74, 6) is 1.13. The van der Waals surface area contributed by atoms with Crippen LogP contribution in [-0.2, 0) is 16.9 Å². The number of imidazole rings is 1. The summed E-state index contributed by atoms with van der Waals surface area (Å²) in [5.41, 5.74) is 0.448. The first-order valence-corrected chi connectivity index (χ1v) is 10.1. The molecule has 8 nitrogen and oxygen atoms in total. The van der Waals surface area contributed by atoms with Crippen molar-refractivity contribution in [3.8, 4) is 11.4 Å². The van der Waals surface area contributed by atoms with E-state index in [4.69, 9.17) is 0 Å². The van der Waals surface area contributed by atoms with Crippen LogP contribution in [0.4, 0.5) is 0 Å². The van der Waals surface area contributed by atoms with Gasteiger partial charge in [-0.3, -0.25) is 4.79 Å². The number of aliphatic hydroxyl groups excluding tert-OH is 1. The number of hydrogen-bond donors (Lipinski definition) is 2. The third-order valence-corrected chi connectivity index (χ3v) is 6.15. The third-order valence-electron chi connectivity index (χ3n) is 6.15. The van der Waals surface area contributed by atoms with Crippen molar-refractivity contribution in [2.75, 3.05) is 0 Å². The second-order valence-electron chi connectivity index (χ2n) is 8.13. The molecule has 2 aromatic heterocycles. The Morgan fingerprint density at radius 2 is 2.00 bits per heavy atom. The standard InChI is InChI=1S/C21H24N6O2/c28-18-13-15(14-26-10-8-22-19(26)16-4-2-1-3-5-16)12-17(18)24-20(29)21(6-7-21)27-11-9-23-25-27/h1-5,8-11,15,17-18,28H,6-7,12-14H2,(H,24,29)/t15?,17-,18-/m1/s1. The number of nitrogens with one attached hydrogen (secondary N) is 1. The van der Waals surface area contributed by atoms with Gasteiger partial charge >= 0.3 is 0 Å². The SMILES string of the molecule is O=C(N[C@@H]1CC(Cn2ccnc2-c2ccccc2)C[C@H]1O)C1(n2ccnn2)CC1. The van der Waals surface area contributed by atoms with E-state index in [-0.39, 0.29) is 17.9 Å². The van der Waals surface area contributed by atoms with Crippen LogP contribution in [0, 0.1) is 5.92 Å². The number of amides is 1. The van der Waals surface area contributed by atoms with Crippen LogP contribution >= 0.6 is 0 Å². The lowest BCUT2D eigenvalue weighted by Crippen LogP contribution is -2.47. The maximum Gasteiger partial charge on any atom is 0.248 e. The van der Waals surface area contributed by atoms with Crippen LogP contribution in [0.1, 0.15) is 25.7 Å². The van der Waals surface area contributed by atoms with E-state index < -0.39 is 11.6 Å². The zero-order chi connectivity index (χ0) is 19.8. The Morgan fingerprint density at radius 1 is 1.17 bits per heavy atom. The van der Waals surface area contributed by atoms with Gasteiger partial charge < -0.3 is 15.0 Å². The van der Waals surface area contributed by atoms with Gasteiger partial charge in [0.15, 0.2) is 0 Å². The minimum atomic E-state index is -0.626. The second kappa shape index (κ2) is 7.11. The molecule has 1 aromatic carbocycles. The number of nitrogens with zero attached hydrogens (tertiary/aromatic N) is 5. The zero-order valence-corrected chi connectivity index (χ0v) is 16.1. The van der Waals surface area contributed by atoms with Crippen molar-refractivity contribution in [2.24, 2.45) is 5.92 Å². The predicted octanol–water partition coefficient (Wildman–Crippen LogP) is 1.59. The topological polar surface area (TPSA) is 97.9 Å². The molecule has 29 heavy (non-hydrogen) atoms. The van der Waals surface area contributed by atoms with Crippen molar-refractivity contribution in [1.82, 2.24) is 29.9 Å². The first-order chi connectivity index (χ1) is 14.2. The van der Waals surface area contributed by atoms with Gasteiger partial charge in [0.25, 0.3) is 0 Å². The second-order valence-corrected chi connectivity index (χ2v) is 8.13. The molecule has 0 spiro atoms. The van der Waals surface area contributed by atoms with Crippen molar-refractivity contribution >= 4 is 5.91 Å². The molecule has 2 aliphatic carbocycles. The lowest BCUT2D eigenvalue weighted by molar-refractivity contribution is -0.127. The monoisotopic (exact) mass is 392 g/mol. The molecule has 3 atom stereocenters. The number of carbonyl (C=O) groups excluding carboxylic acids is 1. The third kappa shape index (κ3) is 3.33. The highest BCUT2D eigenvalue weighted by Gasteiger charge is 2.53. The van der Waals surface area contributed by atoms with Crippen LogP contribution in [-0.4, -0.2) is 47.7 Å². The van der Waals surface area contributed by atoms with Gasteiger partial charge in [-0.05, 0) is 31.6 Å². The number of aliphatic hydroxyl groups is 1. The maximum absolute atomic E-state index is 12.9. The Bertz CT molecular complexity index is 980. The Morgan fingerprint density at radius 3 is 2.72 bits per heavy atom. The van der Waals surface area contributed by atoms with Gasteiger partial charge in [-0.15, -0.1) is 5.10 Å². The van der Waals surface area contributed by atoms with Crippen molar-refractivity contribution in [3.63, 3.8) is 0 Å². The minimum Gasteiger partial charge on any atom is -0.391 e. The Kier molecular flexibility index (Phi) is 4.43. The van der Waals surface area contributed by atoms with Crippen molar-refractivity contribution < 1.29 is 9.90 Å². The lowest BCUT2D eigenvalue weighted by Gasteiger charge is -2.21. The van der Waals surface area contributed by atoms with Gasteiger partial charge in [-0.2, -0.15) is 0 Å². The molecule has 150 valence electrons. The van der Waals surface area contributed by atoms with Gasteiger partial charge in [0, 0.05) is 30.7 Å². The van der Waals surface area contributed by atoms with Gasteiger partial charge in [-0.25, -0.2) is 9.67 Å². The number of carbonyl (C=O) groups is 1. The van der Waals surface area contributed by atoms with Crippen LogP contribution < -0.4 is 5.32 Å². The van der Waals surface area contributed by atoms with E-state index in [2.05, 4.69) is 25.2 Å².